The summed E-state index contributed by atoms with van der Waals surface area (Å²) in [5.74, 6) is 1.48. The topological polar surface area (TPSA) is 38.7 Å². The Morgan fingerprint density at radius 1 is 1.05 bits per heavy atom. The van der Waals surface area contributed by atoms with Gasteiger partial charge in [0.1, 0.15) is 24.2 Å². The van der Waals surface area contributed by atoms with Gasteiger partial charge in [0, 0.05) is 5.56 Å². The van der Waals surface area contributed by atoms with Gasteiger partial charge in [0.15, 0.2) is 0 Å². The summed E-state index contributed by atoms with van der Waals surface area (Å²) in [5, 5.41) is 10.2. The number of hydrogen-bond donors (Lipinski definition) is 1. The number of para-hydroxylation sites is 1. The Morgan fingerprint density at radius 2 is 1.80 bits per heavy atom. The number of aliphatic hydroxyl groups excluding tert-OH is 1. The molecule has 0 saturated heterocycles. The Kier molecular flexibility index (Phi) is 4.64. The van der Waals surface area contributed by atoms with Crippen molar-refractivity contribution in [1.29, 1.82) is 0 Å². The molecule has 1 atom stereocenters. The van der Waals surface area contributed by atoms with Crippen molar-refractivity contribution in [2.75, 3.05) is 13.7 Å². The number of rotatable bonds is 5. The summed E-state index contributed by atoms with van der Waals surface area (Å²) in [4.78, 5) is 0. The van der Waals surface area contributed by atoms with Crippen LogP contribution in [-0.4, -0.2) is 18.8 Å². The molecule has 0 amide bonds. The number of aliphatic hydroxyl groups is 1. The summed E-state index contributed by atoms with van der Waals surface area (Å²) in [6.07, 6.45) is -0.717. The van der Waals surface area contributed by atoms with Crippen LogP contribution >= 0.6 is 0 Å². The monoisotopic (exact) mass is 272 g/mol. The maximum Gasteiger partial charge on any atom is 0.124 e. The molecule has 0 aliphatic heterocycles. The molecule has 2 aromatic rings. The zero-order valence-corrected chi connectivity index (χ0v) is 12.1. The first-order chi connectivity index (χ1) is 9.61. The molecule has 0 spiro atoms. The molecule has 0 fully saturated rings. The number of ether oxygens (including phenoxy) is 2. The van der Waals surface area contributed by atoms with Crippen LogP contribution in [-0.2, 0) is 0 Å². The summed E-state index contributed by atoms with van der Waals surface area (Å²) in [6.45, 7) is 4.21. The average molecular weight is 272 g/mol. The smallest absolute Gasteiger partial charge is 0.124 e. The predicted octanol–water partition coefficient (Wildman–Crippen LogP) is 3.42. The van der Waals surface area contributed by atoms with E-state index in [-0.39, 0.29) is 6.61 Å². The van der Waals surface area contributed by atoms with E-state index in [2.05, 4.69) is 0 Å². The van der Waals surface area contributed by atoms with Crippen molar-refractivity contribution in [3.63, 3.8) is 0 Å². The van der Waals surface area contributed by atoms with Gasteiger partial charge in [0.05, 0.1) is 7.11 Å². The van der Waals surface area contributed by atoms with Crippen LogP contribution < -0.4 is 9.47 Å². The Hall–Kier alpha value is -2.00. The van der Waals surface area contributed by atoms with Crippen LogP contribution in [0.1, 0.15) is 22.8 Å². The van der Waals surface area contributed by atoms with Crippen LogP contribution in [0.5, 0.6) is 11.5 Å². The van der Waals surface area contributed by atoms with Gasteiger partial charge in [-0.3, -0.25) is 0 Å². The first-order valence-electron chi connectivity index (χ1n) is 6.63. The largest absolute Gasteiger partial charge is 0.496 e. The molecule has 0 heterocycles. The standard InChI is InChI=1S/C17H20O3/c1-12-8-9-13(2)17(10-12)20-11-15(18)14-6-4-5-7-16(14)19-3/h4-10,15,18H,11H2,1-3H3. The fourth-order valence-corrected chi connectivity index (χ4v) is 2.06. The molecule has 1 unspecified atom stereocenters. The zero-order valence-electron chi connectivity index (χ0n) is 12.1. The number of methoxy groups -OCH3 is 1. The molecule has 20 heavy (non-hydrogen) atoms. The Labute approximate surface area is 119 Å². The molecular weight excluding hydrogens is 252 g/mol. The molecule has 2 aromatic carbocycles. The Bertz CT molecular complexity index is 578. The van der Waals surface area contributed by atoms with Gasteiger partial charge in [-0.25, -0.2) is 0 Å². The van der Waals surface area contributed by atoms with E-state index in [1.165, 1.54) is 0 Å². The molecule has 0 radical (unpaired) electrons. The second kappa shape index (κ2) is 6.44. The maximum atomic E-state index is 10.2. The highest BCUT2D eigenvalue weighted by Gasteiger charge is 2.14. The Morgan fingerprint density at radius 3 is 2.55 bits per heavy atom. The fourth-order valence-electron chi connectivity index (χ4n) is 2.06. The molecule has 3 heteroatoms. The van der Waals surface area contributed by atoms with Crippen molar-refractivity contribution in [2.45, 2.75) is 20.0 Å². The minimum atomic E-state index is -0.717. The number of hydrogen-bond acceptors (Lipinski definition) is 3. The van der Waals surface area contributed by atoms with E-state index in [1.54, 1.807) is 7.11 Å². The van der Waals surface area contributed by atoms with Gasteiger partial charge >= 0.3 is 0 Å². The van der Waals surface area contributed by atoms with Gasteiger partial charge < -0.3 is 14.6 Å². The van der Waals surface area contributed by atoms with E-state index in [0.29, 0.717) is 5.75 Å². The van der Waals surface area contributed by atoms with Gasteiger partial charge in [0.2, 0.25) is 0 Å². The van der Waals surface area contributed by atoms with Gasteiger partial charge in [-0.15, -0.1) is 0 Å². The molecule has 0 aromatic heterocycles. The first kappa shape index (κ1) is 14.4. The van der Waals surface area contributed by atoms with Crippen molar-refractivity contribution in [3.05, 3.63) is 59.2 Å². The van der Waals surface area contributed by atoms with E-state index in [1.807, 2.05) is 56.3 Å². The van der Waals surface area contributed by atoms with Crippen molar-refractivity contribution >= 4 is 0 Å². The van der Waals surface area contributed by atoms with Gasteiger partial charge in [-0.1, -0.05) is 30.3 Å². The zero-order chi connectivity index (χ0) is 14.5. The highest BCUT2D eigenvalue weighted by molar-refractivity contribution is 5.37. The lowest BCUT2D eigenvalue weighted by Gasteiger charge is -2.16. The molecule has 0 saturated carbocycles. The van der Waals surface area contributed by atoms with E-state index in [4.69, 9.17) is 9.47 Å². The summed E-state index contributed by atoms with van der Waals surface area (Å²) < 4.78 is 11.0. The number of benzene rings is 2. The van der Waals surface area contributed by atoms with Crippen LogP contribution in [0.2, 0.25) is 0 Å². The lowest BCUT2D eigenvalue weighted by Crippen LogP contribution is -2.11. The van der Waals surface area contributed by atoms with E-state index >= 15 is 0 Å². The first-order valence-corrected chi connectivity index (χ1v) is 6.63. The van der Waals surface area contributed by atoms with Crippen LogP contribution in [0.15, 0.2) is 42.5 Å². The summed E-state index contributed by atoms with van der Waals surface area (Å²) >= 11 is 0. The van der Waals surface area contributed by atoms with Gasteiger partial charge in [-0.2, -0.15) is 0 Å². The molecule has 2 rings (SSSR count). The number of aryl methyl sites for hydroxylation is 2. The Balaban J connectivity index is 2.08. The molecule has 0 bridgehead atoms. The lowest BCUT2D eigenvalue weighted by molar-refractivity contribution is 0.105. The van der Waals surface area contributed by atoms with E-state index in [9.17, 15) is 5.11 Å². The predicted molar refractivity (Wildman–Crippen MR) is 79.4 cm³/mol. The lowest BCUT2D eigenvalue weighted by atomic mass is 10.1. The van der Waals surface area contributed by atoms with Crippen molar-refractivity contribution in [3.8, 4) is 11.5 Å². The molecule has 106 valence electrons. The molecule has 3 nitrogen and oxygen atoms in total. The minimum absolute atomic E-state index is 0.199. The van der Waals surface area contributed by atoms with Crippen LogP contribution in [0.4, 0.5) is 0 Å². The SMILES string of the molecule is COc1ccccc1C(O)COc1cc(C)ccc1C. The summed E-state index contributed by atoms with van der Waals surface area (Å²) in [5.41, 5.74) is 2.93. The fraction of sp³-hybridized carbons (Fsp3) is 0.294. The van der Waals surface area contributed by atoms with Crippen LogP contribution in [0, 0.1) is 13.8 Å². The van der Waals surface area contributed by atoms with Crippen molar-refractivity contribution in [2.24, 2.45) is 0 Å². The average Bonchev–Trinajstić information content (AvgIpc) is 2.47. The normalized spacial score (nSPS) is 12.0. The molecule has 1 N–H and O–H groups in total. The third kappa shape index (κ3) is 3.31. The second-order valence-electron chi connectivity index (χ2n) is 4.84. The summed E-state index contributed by atoms with van der Waals surface area (Å²) in [6, 6.07) is 13.5. The van der Waals surface area contributed by atoms with Crippen LogP contribution in [0.3, 0.4) is 0 Å². The molecule has 0 aliphatic rings. The maximum absolute atomic E-state index is 10.2. The third-order valence-corrected chi connectivity index (χ3v) is 3.24. The summed E-state index contributed by atoms with van der Waals surface area (Å²) in [7, 11) is 1.59. The van der Waals surface area contributed by atoms with Crippen molar-refractivity contribution < 1.29 is 14.6 Å². The highest BCUT2D eigenvalue weighted by Crippen LogP contribution is 2.26. The minimum Gasteiger partial charge on any atom is -0.496 e. The molecule has 0 aliphatic carbocycles. The second-order valence-corrected chi connectivity index (χ2v) is 4.84. The van der Waals surface area contributed by atoms with Gasteiger partial charge in [-0.05, 0) is 37.1 Å². The molecular formula is C17H20O3. The van der Waals surface area contributed by atoms with Crippen molar-refractivity contribution in [1.82, 2.24) is 0 Å². The van der Waals surface area contributed by atoms with E-state index in [0.717, 1.165) is 22.4 Å². The van der Waals surface area contributed by atoms with E-state index < -0.39 is 6.10 Å². The quantitative estimate of drug-likeness (QED) is 0.906. The highest BCUT2D eigenvalue weighted by atomic mass is 16.5. The van der Waals surface area contributed by atoms with Gasteiger partial charge in [0.25, 0.3) is 0 Å². The third-order valence-electron chi connectivity index (χ3n) is 3.24. The van der Waals surface area contributed by atoms with Crippen LogP contribution in [0.25, 0.3) is 0 Å².